The molecule has 0 aliphatic rings. The summed E-state index contributed by atoms with van der Waals surface area (Å²) in [6.45, 7) is 0. The highest BCUT2D eigenvalue weighted by Gasteiger charge is 2.17. The number of aromatic carboxylic acids is 2. The highest BCUT2D eigenvalue weighted by atomic mass is 16.4. The predicted octanol–water partition coefficient (Wildman–Crippen LogP) is 0.688. The maximum atomic E-state index is 11.0. The van der Waals surface area contributed by atoms with Crippen LogP contribution in [0.15, 0.2) is 36.9 Å². The molecule has 0 fully saturated rings. The van der Waals surface area contributed by atoms with Crippen LogP contribution in [0.5, 0.6) is 0 Å². The average molecular weight is 233 g/mol. The molecule has 0 aliphatic heterocycles. The Labute approximate surface area is 95.8 Å². The molecule has 0 amide bonds. The van der Waals surface area contributed by atoms with Gasteiger partial charge in [0.15, 0.2) is 0 Å². The van der Waals surface area contributed by atoms with Gasteiger partial charge in [0, 0.05) is 6.07 Å². The maximum Gasteiger partial charge on any atom is 0.340 e. The Morgan fingerprint density at radius 3 is 2.47 bits per heavy atom. The molecule has 6 nitrogen and oxygen atoms in total. The standard InChI is InChI=1S/C11H8N2O4/c14-10(15)7-1-2-8(11(16)17)9(5-7)13-4-3-12-6-13/h1-6H,(H2,14,15,16,17)/p+1. The molecule has 17 heavy (non-hydrogen) atoms. The third kappa shape index (κ3) is 2.00. The Morgan fingerprint density at radius 1 is 1.18 bits per heavy atom. The number of rotatable bonds is 3. The predicted molar refractivity (Wildman–Crippen MR) is 56.2 cm³/mol. The molecule has 1 aromatic carbocycles. The lowest BCUT2D eigenvalue weighted by molar-refractivity contribution is -0.594. The van der Waals surface area contributed by atoms with Gasteiger partial charge in [-0.3, -0.25) is 0 Å². The second-order valence-corrected chi connectivity index (χ2v) is 3.36. The van der Waals surface area contributed by atoms with Crippen molar-refractivity contribution in [3.63, 3.8) is 0 Å². The van der Waals surface area contributed by atoms with Crippen LogP contribution in [0.3, 0.4) is 0 Å². The second kappa shape index (κ2) is 4.09. The molecule has 0 bridgehead atoms. The monoisotopic (exact) mass is 233 g/mol. The fourth-order valence-electron chi connectivity index (χ4n) is 1.50. The van der Waals surface area contributed by atoms with Gasteiger partial charge in [0.2, 0.25) is 6.33 Å². The first-order valence-corrected chi connectivity index (χ1v) is 4.74. The van der Waals surface area contributed by atoms with Crippen molar-refractivity contribution in [2.75, 3.05) is 0 Å². The van der Waals surface area contributed by atoms with Gasteiger partial charge >= 0.3 is 11.9 Å². The number of aromatic amines is 1. The molecule has 0 saturated heterocycles. The van der Waals surface area contributed by atoms with Crippen LogP contribution in [0.1, 0.15) is 20.7 Å². The Hall–Kier alpha value is -2.63. The van der Waals surface area contributed by atoms with Gasteiger partial charge in [-0.15, -0.1) is 0 Å². The van der Waals surface area contributed by atoms with E-state index < -0.39 is 11.9 Å². The molecule has 2 aromatic rings. The van der Waals surface area contributed by atoms with Crippen LogP contribution in [0.4, 0.5) is 0 Å². The second-order valence-electron chi connectivity index (χ2n) is 3.36. The number of nitrogens with one attached hydrogen (secondary N) is 1. The molecular weight excluding hydrogens is 224 g/mol. The number of carboxylic acids is 2. The number of hydrogen-bond donors (Lipinski definition) is 3. The number of carbonyl (C=O) groups is 2. The summed E-state index contributed by atoms with van der Waals surface area (Å²) in [5.41, 5.74) is 0.386. The zero-order valence-corrected chi connectivity index (χ0v) is 8.62. The first-order chi connectivity index (χ1) is 8.09. The van der Waals surface area contributed by atoms with Crippen molar-refractivity contribution in [3.8, 4) is 5.69 Å². The Balaban J connectivity index is 2.64. The summed E-state index contributed by atoms with van der Waals surface area (Å²) in [6, 6.07) is 3.86. The molecule has 0 aliphatic carbocycles. The molecule has 0 spiro atoms. The third-order valence-electron chi connectivity index (χ3n) is 2.30. The first-order valence-electron chi connectivity index (χ1n) is 4.74. The minimum absolute atomic E-state index is 0.0405. The van der Waals surface area contributed by atoms with Crippen LogP contribution >= 0.6 is 0 Å². The molecular formula is C11H9N2O4+. The number of H-pyrrole nitrogens is 1. The lowest BCUT2D eigenvalue weighted by Gasteiger charge is -2.03. The van der Waals surface area contributed by atoms with Crippen molar-refractivity contribution in [3.05, 3.63) is 48.0 Å². The number of carboxylic acid groups (broad SMARTS) is 2. The maximum absolute atomic E-state index is 11.0. The topological polar surface area (TPSA) is 94.3 Å². The highest BCUT2D eigenvalue weighted by molar-refractivity contribution is 5.94. The molecule has 2 rings (SSSR count). The SMILES string of the molecule is O=C(O)c1ccc(C(=O)O)c(-[n+]2cc[nH]c2)c1. The van der Waals surface area contributed by atoms with Crippen molar-refractivity contribution in [1.29, 1.82) is 0 Å². The molecule has 6 heteroatoms. The zero-order chi connectivity index (χ0) is 12.4. The van der Waals surface area contributed by atoms with E-state index in [2.05, 4.69) is 4.98 Å². The fourth-order valence-corrected chi connectivity index (χ4v) is 1.50. The van der Waals surface area contributed by atoms with Gasteiger partial charge in [0.25, 0.3) is 0 Å². The van der Waals surface area contributed by atoms with Crippen LogP contribution in [-0.4, -0.2) is 27.1 Å². The van der Waals surface area contributed by atoms with E-state index in [1.807, 2.05) is 0 Å². The normalized spacial score (nSPS) is 10.1. The van der Waals surface area contributed by atoms with Crippen LogP contribution < -0.4 is 4.57 Å². The van der Waals surface area contributed by atoms with Gasteiger partial charge in [-0.1, -0.05) is 0 Å². The van der Waals surface area contributed by atoms with Gasteiger partial charge < -0.3 is 10.2 Å². The van der Waals surface area contributed by atoms with Crippen molar-refractivity contribution in [2.24, 2.45) is 0 Å². The van der Waals surface area contributed by atoms with Crippen LogP contribution in [0, 0.1) is 0 Å². The van der Waals surface area contributed by atoms with E-state index in [9.17, 15) is 9.59 Å². The lowest BCUT2D eigenvalue weighted by atomic mass is 10.1. The lowest BCUT2D eigenvalue weighted by Crippen LogP contribution is -2.30. The molecule has 1 heterocycles. The smallest absolute Gasteiger partial charge is 0.340 e. The zero-order valence-electron chi connectivity index (χ0n) is 8.62. The summed E-state index contributed by atoms with van der Waals surface area (Å²) in [5.74, 6) is -2.20. The molecule has 0 unspecified atom stereocenters. The molecule has 0 radical (unpaired) electrons. The minimum Gasteiger partial charge on any atom is -0.478 e. The van der Waals surface area contributed by atoms with Gasteiger partial charge in [-0.2, -0.15) is 0 Å². The first kappa shape index (κ1) is 10.9. The van der Waals surface area contributed by atoms with E-state index in [0.29, 0.717) is 5.69 Å². The third-order valence-corrected chi connectivity index (χ3v) is 2.30. The van der Waals surface area contributed by atoms with Gasteiger partial charge in [-0.25, -0.2) is 19.1 Å². The number of hydrogen-bond acceptors (Lipinski definition) is 2. The van der Waals surface area contributed by atoms with E-state index in [1.54, 1.807) is 12.4 Å². The Bertz CT molecular complexity index is 575. The van der Waals surface area contributed by atoms with E-state index in [4.69, 9.17) is 10.2 Å². The summed E-state index contributed by atoms with van der Waals surface area (Å²) < 4.78 is 1.51. The number of nitrogens with zero attached hydrogens (tertiary/aromatic N) is 1. The van der Waals surface area contributed by atoms with Crippen molar-refractivity contribution in [2.45, 2.75) is 0 Å². The molecule has 0 atom stereocenters. The van der Waals surface area contributed by atoms with Gasteiger partial charge in [0.05, 0.1) is 5.56 Å². The van der Waals surface area contributed by atoms with E-state index in [0.717, 1.165) is 0 Å². The average Bonchev–Trinajstić information content (AvgIpc) is 2.81. The molecule has 86 valence electrons. The number of benzene rings is 1. The molecule has 3 N–H and O–H groups in total. The Kier molecular flexibility index (Phi) is 2.61. The van der Waals surface area contributed by atoms with Crippen LogP contribution in [0.2, 0.25) is 0 Å². The van der Waals surface area contributed by atoms with E-state index in [-0.39, 0.29) is 11.1 Å². The summed E-state index contributed by atoms with van der Waals surface area (Å²) in [6.07, 6.45) is 4.75. The fraction of sp³-hybridized carbons (Fsp3) is 0. The van der Waals surface area contributed by atoms with Gasteiger partial charge in [-0.05, 0) is 12.1 Å². The highest BCUT2D eigenvalue weighted by Crippen LogP contribution is 2.12. The summed E-state index contributed by atoms with van der Waals surface area (Å²) in [5, 5.41) is 17.9. The van der Waals surface area contributed by atoms with E-state index in [1.165, 1.54) is 29.1 Å². The summed E-state index contributed by atoms with van der Waals surface area (Å²) in [4.78, 5) is 24.6. The van der Waals surface area contributed by atoms with Crippen molar-refractivity contribution in [1.82, 2.24) is 4.98 Å². The van der Waals surface area contributed by atoms with Crippen LogP contribution in [0.25, 0.3) is 5.69 Å². The van der Waals surface area contributed by atoms with Crippen molar-refractivity contribution < 1.29 is 24.4 Å². The van der Waals surface area contributed by atoms with E-state index >= 15 is 0 Å². The summed E-state index contributed by atoms with van der Waals surface area (Å²) >= 11 is 0. The molecule has 1 aromatic heterocycles. The quantitative estimate of drug-likeness (QED) is 0.680. The van der Waals surface area contributed by atoms with Gasteiger partial charge in [0.1, 0.15) is 23.6 Å². The largest absolute Gasteiger partial charge is 0.478 e. The molecule has 0 saturated carbocycles. The number of aromatic nitrogens is 2. The summed E-state index contributed by atoms with van der Waals surface area (Å²) in [7, 11) is 0. The number of imidazole rings is 1. The minimum atomic E-state index is -1.11. The van der Waals surface area contributed by atoms with Crippen LogP contribution in [-0.2, 0) is 0 Å². The van der Waals surface area contributed by atoms with Crippen molar-refractivity contribution >= 4 is 11.9 Å². The Morgan fingerprint density at radius 2 is 1.94 bits per heavy atom.